The number of primary amides is 1. The molecule has 3 N–H and O–H groups in total. The minimum absolute atomic E-state index is 0.468. The molecule has 2 amide bonds. The number of nitrogens with one attached hydrogen (secondary N) is 1. The third kappa shape index (κ3) is 4.06. The predicted octanol–water partition coefficient (Wildman–Crippen LogP) is 0.745. The number of rotatable bonds is 3. The van der Waals surface area contributed by atoms with Crippen LogP contribution in [0.1, 0.15) is 30.9 Å². The maximum atomic E-state index is 10.8. The first-order valence-corrected chi connectivity index (χ1v) is 5.23. The Morgan fingerprint density at radius 3 is 2.35 bits per heavy atom. The number of benzene rings is 1. The van der Waals surface area contributed by atoms with Gasteiger partial charge in [0, 0.05) is 0 Å². The normalized spacial score (nSPS) is 10.8. The molecule has 1 aromatic carbocycles. The molecule has 5 nitrogen and oxygen atoms in total. The van der Waals surface area contributed by atoms with E-state index in [9.17, 15) is 9.59 Å². The summed E-state index contributed by atoms with van der Waals surface area (Å²) in [6.07, 6.45) is 1.45. The van der Waals surface area contributed by atoms with Crippen molar-refractivity contribution in [1.29, 1.82) is 0 Å². The molecule has 0 aliphatic heterocycles. The van der Waals surface area contributed by atoms with Crippen LogP contribution in [0.5, 0.6) is 0 Å². The molecule has 0 radical (unpaired) electrons. The lowest BCUT2D eigenvalue weighted by Gasteiger charge is -2.04. The van der Waals surface area contributed by atoms with Gasteiger partial charge in [0.05, 0.1) is 6.21 Å². The van der Waals surface area contributed by atoms with E-state index in [0.29, 0.717) is 5.92 Å². The molecule has 0 atom stereocenters. The van der Waals surface area contributed by atoms with Crippen molar-refractivity contribution >= 4 is 18.0 Å². The average molecular weight is 233 g/mol. The average Bonchev–Trinajstić information content (AvgIpc) is 2.29. The van der Waals surface area contributed by atoms with Gasteiger partial charge in [0.1, 0.15) is 0 Å². The number of nitrogens with zero attached hydrogens (tertiary/aromatic N) is 1. The van der Waals surface area contributed by atoms with Gasteiger partial charge in [-0.2, -0.15) is 5.10 Å². The van der Waals surface area contributed by atoms with E-state index >= 15 is 0 Å². The molecular formula is C12H15N3O2. The maximum Gasteiger partial charge on any atom is 0.329 e. The molecule has 90 valence electrons. The molecule has 0 aliphatic rings. The van der Waals surface area contributed by atoms with Crippen LogP contribution in [0.2, 0.25) is 0 Å². The van der Waals surface area contributed by atoms with Crippen LogP contribution in [0.15, 0.2) is 29.4 Å². The molecule has 0 aliphatic carbocycles. The molecule has 0 heterocycles. The summed E-state index contributed by atoms with van der Waals surface area (Å²) in [6.45, 7) is 4.21. The summed E-state index contributed by atoms with van der Waals surface area (Å²) in [7, 11) is 0. The van der Waals surface area contributed by atoms with Gasteiger partial charge in [0.2, 0.25) is 0 Å². The second-order valence-corrected chi connectivity index (χ2v) is 3.88. The van der Waals surface area contributed by atoms with E-state index in [1.54, 1.807) is 0 Å². The lowest BCUT2D eigenvalue weighted by Crippen LogP contribution is -2.32. The summed E-state index contributed by atoms with van der Waals surface area (Å²) in [5.41, 5.74) is 8.83. The van der Waals surface area contributed by atoms with E-state index in [1.165, 1.54) is 11.8 Å². The molecule has 0 bridgehead atoms. The highest BCUT2D eigenvalue weighted by molar-refractivity contribution is 6.34. The van der Waals surface area contributed by atoms with Gasteiger partial charge in [-0.3, -0.25) is 9.59 Å². The van der Waals surface area contributed by atoms with Gasteiger partial charge in [-0.05, 0) is 17.0 Å². The smallest absolute Gasteiger partial charge is 0.329 e. The molecule has 0 fully saturated rings. The van der Waals surface area contributed by atoms with E-state index in [4.69, 9.17) is 5.73 Å². The monoisotopic (exact) mass is 233 g/mol. The molecule has 0 spiro atoms. The molecule has 1 aromatic rings. The van der Waals surface area contributed by atoms with E-state index in [2.05, 4.69) is 18.9 Å². The van der Waals surface area contributed by atoms with E-state index in [1.807, 2.05) is 29.7 Å². The van der Waals surface area contributed by atoms with Crippen LogP contribution in [0, 0.1) is 0 Å². The van der Waals surface area contributed by atoms with Crippen molar-refractivity contribution in [2.75, 3.05) is 0 Å². The summed E-state index contributed by atoms with van der Waals surface area (Å²) in [6, 6.07) is 7.74. The fourth-order valence-electron chi connectivity index (χ4n) is 1.19. The van der Waals surface area contributed by atoms with E-state index in [-0.39, 0.29) is 0 Å². The van der Waals surface area contributed by atoms with Crippen LogP contribution in [0.4, 0.5) is 0 Å². The van der Waals surface area contributed by atoms with Crippen LogP contribution in [0.3, 0.4) is 0 Å². The van der Waals surface area contributed by atoms with Crippen LogP contribution in [-0.2, 0) is 9.59 Å². The van der Waals surface area contributed by atoms with E-state index in [0.717, 1.165) is 5.56 Å². The Hall–Kier alpha value is -2.17. The first-order valence-electron chi connectivity index (χ1n) is 5.23. The second kappa shape index (κ2) is 5.79. The largest absolute Gasteiger partial charge is 0.361 e. The molecular weight excluding hydrogens is 218 g/mol. The van der Waals surface area contributed by atoms with Crippen LogP contribution in [-0.4, -0.2) is 18.0 Å². The summed E-state index contributed by atoms with van der Waals surface area (Å²) in [5.74, 6) is -1.52. The Morgan fingerprint density at radius 2 is 1.88 bits per heavy atom. The first kappa shape index (κ1) is 12.9. The molecule has 1 rings (SSSR count). The molecule has 0 unspecified atom stereocenters. The standard InChI is InChI=1S/C12H15N3O2/c1-8(2)10-5-3-9(4-6-10)7-14-15-12(17)11(13)16/h3-8H,1-2H3,(H2,13,16)(H,15,17)/b14-7-. The summed E-state index contributed by atoms with van der Waals surface area (Å²) in [5, 5.41) is 3.61. The Labute approximate surface area is 99.7 Å². The van der Waals surface area contributed by atoms with Crippen molar-refractivity contribution < 1.29 is 9.59 Å². The number of nitrogens with two attached hydrogens (primary N) is 1. The fourth-order valence-corrected chi connectivity index (χ4v) is 1.19. The van der Waals surface area contributed by atoms with Crippen molar-refractivity contribution in [2.24, 2.45) is 10.8 Å². The van der Waals surface area contributed by atoms with Crippen molar-refractivity contribution in [2.45, 2.75) is 19.8 Å². The lowest BCUT2D eigenvalue weighted by atomic mass is 10.0. The quantitative estimate of drug-likeness (QED) is 0.458. The Bertz CT molecular complexity index is 436. The molecule has 0 aromatic heterocycles. The highest BCUT2D eigenvalue weighted by atomic mass is 16.2. The predicted molar refractivity (Wildman–Crippen MR) is 65.5 cm³/mol. The Kier molecular flexibility index (Phi) is 4.39. The molecule has 0 saturated carbocycles. The second-order valence-electron chi connectivity index (χ2n) is 3.88. The first-order chi connectivity index (χ1) is 8.00. The third-order valence-electron chi connectivity index (χ3n) is 2.21. The molecule has 0 saturated heterocycles. The van der Waals surface area contributed by atoms with Crippen LogP contribution >= 0.6 is 0 Å². The lowest BCUT2D eigenvalue weighted by molar-refractivity contribution is -0.137. The van der Waals surface area contributed by atoms with Gasteiger partial charge in [0.15, 0.2) is 0 Å². The minimum atomic E-state index is -1.06. The number of hydrazone groups is 1. The van der Waals surface area contributed by atoms with Crippen LogP contribution in [0.25, 0.3) is 0 Å². The van der Waals surface area contributed by atoms with Gasteiger partial charge in [-0.25, -0.2) is 5.43 Å². The van der Waals surface area contributed by atoms with Gasteiger partial charge in [-0.15, -0.1) is 0 Å². The van der Waals surface area contributed by atoms with E-state index < -0.39 is 11.8 Å². The fraction of sp³-hybridized carbons (Fsp3) is 0.250. The van der Waals surface area contributed by atoms with Gasteiger partial charge in [0.25, 0.3) is 0 Å². The van der Waals surface area contributed by atoms with Gasteiger partial charge in [-0.1, -0.05) is 38.1 Å². The summed E-state index contributed by atoms with van der Waals surface area (Å²) in [4.78, 5) is 21.2. The van der Waals surface area contributed by atoms with Crippen molar-refractivity contribution in [3.8, 4) is 0 Å². The number of hydrogen-bond donors (Lipinski definition) is 2. The van der Waals surface area contributed by atoms with Crippen LogP contribution < -0.4 is 11.2 Å². The number of carbonyl (C=O) groups excluding carboxylic acids is 2. The summed E-state index contributed by atoms with van der Waals surface area (Å²) < 4.78 is 0. The van der Waals surface area contributed by atoms with Gasteiger partial charge < -0.3 is 5.73 Å². The van der Waals surface area contributed by atoms with Crippen molar-refractivity contribution in [3.05, 3.63) is 35.4 Å². The maximum absolute atomic E-state index is 10.8. The number of amides is 2. The van der Waals surface area contributed by atoms with Crippen molar-refractivity contribution in [1.82, 2.24) is 5.43 Å². The van der Waals surface area contributed by atoms with Crippen molar-refractivity contribution in [3.63, 3.8) is 0 Å². The molecule has 17 heavy (non-hydrogen) atoms. The molecule has 5 heteroatoms. The third-order valence-corrected chi connectivity index (χ3v) is 2.21. The zero-order valence-electron chi connectivity index (χ0n) is 9.81. The highest BCUT2D eigenvalue weighted by Gasteiger charge is 2.05. The zero-order chi connectivity index (χ0) is 12.8. The summed E-state index contributed by atoms with van der Waals surface area (Å²) >= 11 is 0. The number of hydrogen-bond acceptors (Lipinski definition) is 3. The van der Waals surface area contributed by atoms with Gasteiger partial charge >= 0.3 is 11.8 Å². The zero-order valence-corrected chi connectivity index (χ0v) is 9.81. The minimum Gasteiger partial charge on any atom is -0.361 e. The highest BCUT2D eigenvalue weighted by Crippen LogP contribution is 2.13. The Balaban J connectivity index is 2.60. The SMILES string of the molecule is CC(C)c1ccc(/C=N\NC(=O)C(N)=O)cc1. The topological polar surface area (TPSA) is 84.6 Å². The Morgan fingerprint density at radius 1 is 1.29 bits per heavy atom. The number of carbonyl (C=O) groups is 2.